The van der Waals surface area contributed by atoms with Crippen molar-refractivity contribution in [1.82, 2.24) is 10.2 Å². The molecule has 1 aromatic rings. The third-order valence-electron chi connectivity index (χ3n) is 5.36. The van der Waals surface area contributed by atoms with Gasteiger partial charge in [-0.05, 0) is 62.4 Å². The van der Waals surface area contributed by atoms with Crippen molar-refractivity contribution < 1.29 is 4.79 Å². The molecule has 1 aromatic carbocycles. The number of nitrogens with zero attached hydrogens (tertiary/aromatic N) is 1. The molecule has 2 aliphatic rings. The number of carbonyl (C=O) groups is 1. The minimum atomic E-state index is 0.151. The fourth-order valence-corrected chi connectivity index (χ4v) is 3.48. The summed E-state index contributed by atoms with van der Waals surface area (Å²) in [4.78, 5) is 14.9. The van der Waals surface area contributed by atoms with Crippen molar-refractivity contribution in [3.8, 4) is 0 Å². The molecule has 0 saturated carbocycles. The standard InChI is InChI=1S/C18H26N2O/c1-12-6-7-15(9-13(12)2)17-5-4-8-20(17)18(21)14(3)16-10-19-11-16/h6-7,9,14,16-17,19H,4-5,8,10-11H2,1-3H3. The normalized spacial score (nSPS) is 24.0. The fraction of sp³-hybridized carbons (Fsp3) is 0.611. The van der Waals surface area contributed by atoms with Crippen LogP contribution in [0.2, 0.25) is 0 Å². The first kappa shape index (κ1) is 14.6. The predicted octanol–water partition coefficient (Wildman–Crippen LogP) is 2.82. The minimum absolute atomic E-state index is 0.151. The molecule has 0 aliphatic carbocycles. The SMILES string of the molecule is Cc1ccc(C2CCCN2C(=O)C(C)C2CNC2)cc1C. The molecule has 2 aliphatic heterocycles. The Labute approximate surface area is 127 Å². The average Bonchev–Trinajstić information content (AvgIpc) is 2.88. The van der Waals surface area contributed by atoms with Crippen LogP contribution < -0.4 is 5.32 Å². The maximum absolute atomic E-state index is 12.8. The summed E-state index contributed by atoms with van der Waals surface area (Å²) in [5.74, 6) is 1.03. The summed E-state index contributed by atoms with van der Waals surface area (Å²) in [5.41, 5.74) is 3.95. The van der Waals surface area contributed by atoms with Crippen LogP contribution in [0.4, 0.5) is 0 Å². The second-order valence-corrected chi connectivity index (χ2v) is 6.74. The van der Waals surface area contributed by atoms with Gasteiger partial charge >= 0.3 is 0 Å². The van der Waals surface area contributed by atoms with Crippen molar-refractivity contribution in [2.45, 2.75) is 39.7 Å². The Hall–Kier alpha value is -1.35. The van der Waals surface area contributed by atoms with E-state index >= 15 is 0 Å². The van der Waals surface area contributed by atoms with Crippen molar-refractivity contribution in [2.75, 3.05) is 19.6 Å². The zero-order chi connectivity index (χ0) is 15.0. The monoisotopic (exact) mass is 286 g/mol. The zero-order valence-electron chi connectivity index (χ0n) is 13.4. The molecule has 2 fully saturated rings. The van der Waals surface area contributed by atoms with Gasteiger partial charge in [0.05, 0.1) is 6.04 Å². The maximum atomic E-state index is 12.8. The molecular weight excluding hydrogens is 260 g/mol. The molecule has 0 aromatic heterocycles. The minimum Gasteiger partial charge on any atom is -0.335 e. The molecule has 2 saturated heterocycles. The van der Waals surface area contributed by atoms with Crippen LogP contribution in [0.3, 0.4) is 0 Å². The molecular formula is C18H26N2O. The molecule has 3 rings (SSSR count). The van der Waals surface area contributed by atoms with Crippen molar-refractivity contribution >= 4 is 5.91 Å². The largest absolute Gasteiger partial charge is 0.335 e. The number of likely N-dealkylation sites (tertiary alicyclic amines) is 1. The van der Waals surface area contributed by atoms with Crippen LogP contribution in [0.5, 0.6) is 0 Å². The molecule has 2 atom stereocenters. The Kier molecular flexibility index (Phi) is 4.03. The van der Waals surface area contributed by atoms with Gasteiger partial charge in [0.2, 0.25) is 5.91 Å². The summed E-state index contributed by atoms with van der Waals surface area (Å²) in [6.07, 6.45) is 2.23. The highest BCUT2D eigenvalue weighted by atomic mass is 16.2. The van der Waals surface area contributed by atoms with Crippen molar-refractivity contribution in [3.63, 3.8) is 0 Å². The van der Waals surface area contributed by atoms with Crippen LogP contribution in [0.25, 0.3) is 0 Å². The van der Waals surface area contributed by atoms with Gasteiger partial charge in [-0.1, -0.05) is 25.1 Å². The van der Waals surface area contributed by atoms with E-state index in [4.69, 9.17) is 0 Å². The van der Waals surface area contributed by atoms with Crippen LogP contribution >= 0.6 is 0 Å². The van der Waals surface area contributed by atoms with Crippen LogP contribution in [0, 0.1) is 25.7 Å². The summed E-state index contributed by atoms with van der Waals surface area (Å²) in [7, 11) is 0. The highest BCUT2D eigenvalue weighted by Crippen LogP contribution is 2.35. The molecule has 21 heavy (non-hydrogen) atoms. The van der Waals surface area contributed by atoms with E-state index in [1.165, 1.54) is 16.7 Å². The molecule has 114 valence electrons. The third-order valence-corrected chi connectivity index (χ3v) is 5.36. The van der Waals surface area contributed by atoms with Gasteiger partial charge in [-0.25, -0.2) is 0 Å². The summed E-state index contributed by atoms with van der Waals surface area (Å²) >= 11 is 0. The molecule has 3 heteroatoms. The van der Waals surface area contributed by atoms with E-state index in [1.807, 2.05) is 0 Å². The smallest absolute Gasteiger partial charge is 0.226 e. The van der Waals surface area contributed by atoms with Gasteiger partial charge in [-0.3, -0.25) is 4.79 Å². The lowest BCUT2D eigenvalue weighted by Gasteiger charge is -2.36. The van der Waals surface area contributed by atoms with E-state index in [0.29, 0.717) is 11.8 Å². The number of rotatable bonds is 3. The highest BCUT2D eigenvalue weighted by molar-refractivity contribution is 5.79. The number of hydrogen-bond donors (Lipinski definition) is 1. The molecule has 3 nitrogen and oxygen atoms in total. The summed E-state index contributed by atoms with van der Waals surface area (Å²) in [6, 6.07) is 6.94. The zero-order valence-corrected chi connectivity index (χ0v) is 13.4. The van der Waals surface area contributed by atoms with E-state index < -0.39 is 0 Å². The Morgan fingerprint density at radius 3 is 2.67 bits per heavy atom. The van der Waals surface area contributed by atoms with Crippen LogP contribution in [0.1, 0.15) is 42.5 Å². The number of benzene rings is 1. The molecule has 1 N–H and O–H groups in total. The van der Waals surface area contributed by atoms with E-state index in [-0.39, 0.29) is 12.0 Å². The number of amides is 1. The average molecular weight is 286 g/mol. The van der Waals surface area contributed by atoms with Gasteiger partial charge in [-0.15, -0.1) is 0 Å². The molecule has 0 spiro atoms. The molecule has 0 radical (unpaired) electrons. The van der Waals surface area contributed by atoms with Crippen LogP contribution in [0.15, 0.2) is 18.2 Å². The fourth-order valence-electron chi connectivity index (χ4n) is 3.48. The van der Waals surface area contributed by atoms with Crippen molar-refractivity contribution in [2.24, 2.45) is 11.8 Å². The third kappa shape index (κ3) is 2.71. The first-order valence-corrected chi connectivity index (χ1v) is 8.16. The predicted molar refractivity (Wildman–Crippen MR) is 85.1 cm³/mol. The van der Waals surface area contributed by atoms with Gasteiger partial charge in [0, 0.05) is 12.5 Å². The van der Waals surface area contributed by atoms with E-state index in [1.54, 1.807) is 0 Å². The van der Waals surface area contributed by atoms with Crippen LogP contribution in [-0.2, 0) is 4.79 Å². The lowest BCUT2D eigenvalue weighted by molar-refractivity contribution is -0.138. The van der Waals surface area contributed by atoms with Crippen molar-refractivity contribution in [3.05, 3.63) is 34.9 Å². The second kappa shape index (κ2) is 5.80. The molecule has 0 bridgehead atoms. The number of carbonyl (C=O) groups excluding carboxylic acids is 1. The first-order chi connectivity index (χ1) is 10.1. The van der Waals surface area contributed by atoms with Gasteiger partial charge in [0.25, 0.3) is 0 Å². The Morgan fingerprint density at radius 2 is 2.05 bits per heavy atom. The lowest BCUT2D eigenvalue weighted by atomic mass is 9.87. The van der Waals surface area contributed by atoms with Crippen LogP contribution in [-0.4, -0.2) is 30.4 Å². The Balaban J connectivity index is 1.78. The highest BCUT2D eigenvalue weighted by Gasteiger charge is 2.36. The Bertz CT molecular complexity index is 536. The van der Waals surface area contributed by atoms with Gasteiger partial charge < -0.3 is 10.2 Å². The molecule has 2 heterocycles. The van der Waals surface area contributed by atoms with E-state index in [2.05, 4.69) is 49.2 Å². The maximum Gasteiger partial charge on any atom is 0.226 e. The van der Waals surface area contributed by atoms with Crippen molar-refractivity contribution in [1.29, 1.82) is 0 Å². The number of nitrogens with one attached hydrogen (secondary N) is 1. The van der Waals surface area contributed by atoms with Gasteiger partial charge in [-0.2, -0.15) is 0 Å². The lowest BCUT2D eigenvalue weighted by Crippen LogP contribution is -2.50. The second-order valence-electron chi connectivity index (χ2n) is 6.74. The van der Waals surface area contributed by atoms with Gasteiger partial charge in [0.1, 0.15) is 0 Å². The molecule has 2 unspecified atom stereocenters. The molecule has 1 amide bonds. The number of hydrogen-bond acceptors (Lipinski definition) is 2. The first-order valence-electron chi connectivity index (χ1n) is 8.16. The van der Waals surface area contributed by atoms with E-state index in [0.717, 1.165) is 32.5 Å². The summed E-state index contributed by atoms with van der Waals surface area (Å²) in [5, 5.41) is 3.27. The van der Waals surface area contributed by atoms with E-state index in [9.17, 15) is 4.79 Å². The Morgan fingerprint density at radius 1 is 1.29 bits per heavy atom. The topological polar surface area (TPSA) is 32.3 Å². The quantitative estimate of drug-likeness (QED) is 0.926. The number of aryl methyl sites for hydroxylation is 2. The van der Waals surface area contributed by atoms with Gasteiger partial charge in [0.15, 0.2) is 0 Å². The summed E-state index contributed by atoms with van der Waals surface area (Å²) < 4.78 is 0. The summed E-state index contributed by atoms with van der Waals surface area (Å²) in [6.45, 7) is 9.31.